The normalized spacial score (nSPS) is 13.2. The molecule has 0 unspecified atom stereocenters. The van der Waals surface area contributed by atoms with Crippen molar-refractivity contribution in [2.24, 2.45) is 0 Å². The Hall–Kier alpha value is -1.49. The lowest BCUT2D eigenvalue weighted by atomic mass is 9.86. The molecule has 0 aliphatic heterocycles. The molecule has 0 fully saturated rings. The van der Waals surface area contributed by atoms with Crippen LogP contribution in [0.3, 0.4) is 0 Å². The molecule has 20 heavy (non-hydrogen) atoms. The molecule has 0 atom stereocenters. The summed E-state index contributed by atoms with van der Waals surface area (Å²) in [5.41, 5.74) is 4.56. The third kappa shape index (κ3) is 4.27. The summed E-state index contributed by atoms with van der Waals surface area (Å²) in [5.74, 6) is 1.01. The number of ether oxygens (including phenoxy) is 1. The van der Waals surface area contributed by atoms with E-state index >= 15 is 0 Å². The molecule has 4 N–H and O–H groups in total. The highest BCUT2D eigenvalue weighted by Gasteiger charge is 2.35. The summed E-state index contributed by atoms with van der Waals surface area (Å²) in [4.78, 5) is 4.39. The summed E-state index contributed by atoms with van der Waals surface area (Å²) in [6.45, 7) is 13.2. The maximum absolute atomic E-state index is 10.2. The summed E-state index contributed by atoms with van der Waals surface area (Å²) >= 11 is 0. The number of nitrogens with two attached hydrogens (primary N) is 1. The molecule has 0 saturated carbocycles. The van der Waals surface area contributed by atoms with E-state index in [1.807, 2.05) is 34.6 Å². The number of rotatable bonds is 4. The van der Waals surface area contributed by atoms with Gasteiger partial charge in [-0.2, -0.15) is 4.98 Å². The van der Waals surface area contributed by atoms with E-state index in [1.54, 1.807) is 26.0 Å². The van der Waals surface area contributed by atoms with Crippen LogP contribution in [0.2, 0.25) is 0 Å². The Balaban J connectivity index is 3.02. The molecule has 0 aliphatic rings. The molecule has 1 aromatic rings. The molecule has 0 spiro atoms. The highest BCUT2D eigenvalue weighted by atomic mass is 16.5. The van der Waals surface area contributed by atoms with Crippen LogP contribution in [0, 0.1) is 0 Å². The van der Waals surface area contributed by atoms with Gasteiger partial charge in [-0.15, -0.1) is 0 Å². The highest BCUT2D eigenvalue weighted by Crippen LogP contribution is 2.29. The average Bonchev–Trinajstić information content (AvgIpc) is 2.18. The minimum Gasteiger partial charge on any atom is -0.470 e. The average molecular weight is 281 g/mol. The second-order valence-electron chi connectivity index (χ2n) is 7.11. The zero-order chi connectivity index (χ0) is 15.8. The Kier molecular flexibility index (Phi) is 4.25. The second-order valence-corrected chi connectivity index (χ2v) is 7.11. The number of aliphatic hydroxyl groups is 1. The number of nitrogen functional groups attached to an aromatic ring is 1. The summed E-state index contributed by atoms with van der Waals surface area (Å²) in [6, 6.07) is 3.52. The number of anilines is 2. The van der Waals surface area contributed by atoms with Crippen LogP contribution in [0.5, 0.6) is 5.88 Å². The van der Waals surface area contributed by atoms with Crippen molar-refractivity contribution in [1.29, 1.82) is 0 Å². The standard InChI is InChI=1S/C15H27N3O2/c1-13(2,3)20-12-10(16)8-9-11(17-12)18-14(4,5)15(6,7)19/h8-9,19H,16H2,1-7H3,(H,17,18). The zero-order valence-electron chi connectivity index (χ0n) is 13.5. The summed E-state index contributed by atoms with van der Waals surface area (Å²) in [7, 11) is 0. The van der Waals surface area contributed by atoms with E-state index < -0.39 is 11.1 Å². The van der Waals surface area contributed by atoms with E-state index in [0.29, 0.717) is 17.4 Å². The Labute approximate surface area is 121 Å². The topological polar surface area (TPSA) is 80.4 Å². The first-order valence-corrected chi connectivity index (χ1v) is 6.78. The first-order valence-electron chi connectivity index (χ1n) is 6.78. The van der Waals surface area contributed by atoms with E-state index in [9.17, 15) is 5.11 Å². The van der Waals surface area contributed by atoms with Crippen molar-refractivity contribution in [2.45, 2.75) is 65.2 Å². The molecule has 5 nitrogen and oxygen atoms in total. The summed E-state index contributed by atoms with van der Waals surface area (Å²) in [5, 5.41) is 13.4. The van der Waals surface area contributed by atoms with E-state index in [4.69, 9.17) is 10.5 Å². The van der Waals surface area contributed by atoms with Crippen LogP contribution in [0.25, 0.3) is 0 Å². The van der Waals surface area contributed by atoms with Gasteiger partial charge in [-0.25, -0.2) is 0 Å². The van der Waals surface area contributed by atoms with Crippen LogP contribution in [0.4, 0.5) is 11.5 Å². The van der Waals surface area contributed by atoms with Gasteiger partial charge in [-0.1, -0.05) is 0 Å². The fourth-order valence-electron chi connectivity index (χ4n) is 1.37. The molecule has 114 valence electrons. The van der Waals surface area contributed by atoms with Crippen LogP contribution in [-0.2, 0) is 0 Å². The monoisotopic (exact) mass is 281 g/mol. The number of nitrogens with one attached hydrogen (secondary N) is 1. The molecule has 1 rings (SSSR count). The molecule has 1 heterocycles. The van der Waals surface area contributed by atoms with Gasteiger partial charge in [0.1, 0.15) is 11.4 Å². The van der Waals surface area contributed by atoms with Gasteiger partial charge in [0.2, 0.25) is 5.88 Å². The van der Waals surface area contributed by atoms with E-state index in [-0.39, 0.29) is 5.60 Å². The third-order valence-electron chi connectivity index (χ3n) is 3.26. The van der Waals surface area contributed by atoms with Gasteiger partial charge in [-0.3, -0.25) is 0 Å². The van der Waals surface area contributed by atoms with Crippen molar-refractivity contribution in [2.75, 3.05) is 11.1 Å². The Bertz CT molecular complexity index is 471. The largest absolute Gasteiger partial charge is 0.470 e. The minimum absolute atomic E-state index is 0.370. The maximum Gasteiger partial charge on any atom is 0.239 e. The lowest BCUT2D eigenvalue weighted by molar-refractivity contribution is 0.0238. The van der Waals surface area contributed by atoms with E-state index in [1.165, 1.54) is 0 Å². The van der Waals surface area contributed by atoms with Crippen molar-refractivity contribution >= 4 is 11.5 Å². The van der Waals surface area contributed by atoms with Gasteiger partial charge in [0.05, 0.1) is 16.8 Å². The van der Waals surface area contributed by atoms with Crippen LogP contribution in [0.15, 0.2) is 12.1 Å². The number of hydrogen-bond donors (Lipinski definition) is 3. The fraction of sp³-hybridized carbons (Fsp3) is 0.667. The molecule has 0 aromatic carbocycles. The lowest BCUT2D eigenvalue weighted by Crippen LogP contribution is -2.51. The second kappa shape index (κ2) is 5.13. The molecule has 0 aliphatic carbocycles. The van der Waals surface area contributed by atoms with Crippen molar-refractivity contribution in [3.63, 3.8) is 0 Å². The Morgan fingerprint density at radius 2 is 1.65 bits per heavy atom. The molecule has 1 aromatic heterocycles. The van der Waals surface area contributed by atoms with Gasteiger partial charge >= 0.3 is 0 Å². The highest BCUT2D eigenvalue weighted by molar-refractivity contribution is 5.54. The first kappa shape index (κ1) is 16.6. The quantitative estimate of drug-likeness (QED) is 0.790. The molecule has 5 heteroatoms. The van der Waals surface area contributed by atoms with Crippen molar-refractivity contribution in [3.8, 4) is 5.88 Å². The molecular formula is C15H27N3O2. The van der Waals surface area contributed by atoms with Crippen LogP contribution in [-0.4, -0.2) is 26.8 Å². The van der Waals surface area contributed by atoms with Crippen molar-refractivity contribution < 1.29 is 9.84 Å². The van der Waals surface area contributed by atoms with E-state index in [0.717, 1.165) is 0 Å². The zero-order valence-corrected chi connectivity index (χ0v) is 13.5. The van der Waals surface area contributed by atoms with E-state index in [2.05, 4.69) is 10.3 Å². The number of hydrogen-bond acceptors (Lipinski definition) is 5. The van der Waals surface area contributed by atoms with Gasteiger partial charge in [-0.05, 0) is 60.6 Å². The predicted molar refractivity (Wildman–Crippen MR) is 83.0 cm³/mol. The van der Waals surface area contributed by atoms with Crippen LogP contribution < -0.4 is 15.8 Å². The molecule has 0 radical (unpaired) electrons. The molecule has 0 saturated heterocycles. The summed E-state index contributed by atoms with van der Waals surface area (Å²) < 4.78 is 5.73. The fourth-order valence-corrected chi connectivity index (χ4v) is 1.37. The number of aromatic nitrogens is 1. The van der Waals surface area contributed by atoms with Crippen LogP contribution >= 0.6 is 0 Å². The summed E-state index contributed by atoms with van der Waals surface area (Å²) in [6.07, 6.45) is 0. The Morgan fingerprint density at radius 3 is 2.10 bits per heavy atom. The van der Waals surface area contributed by atoms with Gasteiger partial charge < -0.3 is 20.9 Å². The Morgan fingerprint density at radius 1 is 1.10 bits per heavy atom. The van der Waals surface area contributed by atoms with Crippen molar-refractivity contribution in [1.82, 2.24) is 4.98 Å². The predicted octanol–water partition coefficient (Wildman–Crippen LogP) is 2.80. The number of nitrogens with zero attached hydrogens (tertiary/aromatic N) is 1. The van der Waals surface area contributed by atoms with Crippen LogP contribution in [0.1, 0.15) is 48.5 Å². The molecule has 0 amide bonds. The first-order chi connectivity index (χ1) is 8.82. The van der Waals surface area contributed by atoms with Gasteiger partial charge in [0, 0.05) is 0 Å². The maximum atomic E-state index is 10.2. The van der Waals surface area contributed by atoms with Gasteiger partial charge in [0.25, 0.3) is 0 Å². The number of pyridine rings is 1. The smallest absolute Gasteiger partial charge is 0.239 e. The van der Waals surface area contributed by atoms with Crippen molar-refractivity contribution in [3.05, 3.63) is 12.1 Å². The molecular weight excluding hydrogens is 254 g/mol. The third-order valence-corrected chi connectivity index (χ3v) is 3.26. The lowest BCUT2D eigenvalue weighted by Gasteiger charge is -2.38. The minimum atomic E-state index is -0.902. The van der Waals surface area contributed by atoms with Gasteiger partial charge in [0.15, 0.2) is 0 Å². The molecule has 0 bridgehead atoms. The SMILES string of the molecule is CC(C)(C)Oc1nc(NC(C)(C)C(C)(C)O)ccc1N.